The van der Waals surface area contributed by atoms with E-state index in [1.807, 2.05) is 18.2 Å². The molecule has 3 rings (SSSR count). The van der Waals surface area contributed by atoms with Gasteiger partial charge < -0.3 is 5.11 Å². The zero-order valence-corrected chi connectivity index (χ0v) is 10.5. The summed E-state index contributed by atoms with van der Waals surface area (Å²) in [4.78, 5) is 4.27. The van der Waals surface area contributed by atoms with Crippen LogP contribution in [0.4, 0.5) is 0 Å². The summed E-state index contributed by atoms with van der Waals surface area (Å²) in [5.74, 6) is 0. The molecule has 92 valence electrons. The van der Waals surface area contributed by atoms with E-state index in [1.165, 1.54) is 0 Å². The second-order valence-electron chi connectivity index (χ2n) is 5.28. The third kappa shape index (κ3) is 2.16. The van der Waals surface area contributed by atoms with Gasteiger partial charge in [-0.1, -0.05) is 6.07 Å². The summed E-state index contributed by atoms with van der Waals surface area (Å²) in [5, 5.41) is 11.1. The van der Waals surface area contributed by atoms with E-state index in [0.29, 0.717) is 19.3 Å². The molecule has 0 amide bonds. The summed E-state index contributed by atoms with van der Waals surface area (Å²) in [7, 11) is -0.704. The molecule has 3 nitrogen and oxygen atoms in total. The second kappa shape index (κ2) is 4.18. The number of hydrogen-bond acceptors (Lipinski definition) is 3. The molecule has 0 aliphatic carbocycles. The minimum Gasteiger partial charge on any atom is -0.389 e. The Balaban J connectivity index is 1.77. The normalized spacial score (nSPS) is 40.4. The molecule has 4 heteroatoms. The highest BCUT2D eigenvalue weighted by Crippen LogP contribution is 2.42. The molecule has 2 unspecified atom stereocenters. The van der Waals surface area contributed by atoms with Crippen LogP contribution in [0.1, 0.15) is 31.4 Å². The highest BCUT2D eigenvalue weighted by atomic mass is 32.2. The third-order valence-corrected chi connectivity index (χ3v) is 6.04. The highest BCUT2D eigenvalue weighted by molar-refractivity contribution is 7.86. The van der Waals surface area contributed by atoms with Gasteiger partial charge in [-0.25, -0.2) is 0 Å². The van der Waals surface area contributed by atoms with Gasteiger partial charge in [0.2, 0.25) is 0 Å². The average Bonchev–Trinajstić information content (AvgIpc) is 2.54. The predicted molar refractivity (Wildman–Crippen MR) is 67.1 cm³/mol. The quantitative estimate of drug-likeness (QED) is 0.865. The van der Waals surface area contributed by atoms with Crippen molar-refractivity contribution in [2.24, 2.45) is 0 Å². The number of nitrogens with zero attached hydrogens (tertiary/aromatic N) is 1. The van der Waals surface area contributed by atoms with Crippen LogP contribution in [0.2, 0.25) is 0 Å². The van der Waals surface area contributed by atoms with Crippen LogP contribution >= 0.6 is 0 Å². The predicted octanol–water partition coefficient (Wildman–Crippen LogP) is 1.43. The zero-order valence-electron chi connectivity index (χ0n) is 9.71. The van der Waals surface area contributed by atoms with Gasteiger partial charge in [0.05, 0.1) is 5.60 Å². The summed E-state index contributed by atoms with van der Waals surface area (Å²) < 4.78 is 11.9. The van der Waals surface area contributed by atoms with Crippen molar-refractivity contribution in [2.75, 3.05) is 0 Å². The first-order valence-electron chi connectivity index (χ1n) is 6.18. The van der Waals surface area contributed by atoms with Gasteiger partial charge in [0.15, 0.2) is 0 Å². The van der Waals surface area contributed by atoms with Gasteiger partial charge in [0.25, 0.3) is 0 Å². The molecule has 0 saturated carbocycles. The molecule has 0 aromatic carbocycles. The number of pyridine rings is 1. The number of aromatic nitrogens is 1. The average molecular weight is 251 g/mol. The van der Waals surface area contributed by atoms with Crippen molar-refractivity contribution in [1.82, 2.24) is 4.98 Å². The van der Waals surface area contributed by atoms with Crippen molar-refractivity contribution in [3.63, 3.8) is 0 Å². The first-order chi connectivity index (χ1) is 8.16. The van der Waals surface area contributed by atoms with E-state index >= 15 is 0 Å². The van der Waals surface area contributed by atoms with Gasteiger partial charge >= 0.3 is 0 Å². The van der Waals surface area contributed by atoms with E-state index in [-0.39, 0.29) is 10.5 Å². The molecule has 1 N–H and O–H groups in total. The second-order valence-corrected chi connectivity index (χ2v) is 7.27. The molecule has 2 atom stereocenters. The minimum atomic E-state index is -0.704. The lowest BCUT2D eigenvalue weighted by Crippen LogP contribution is -2.44. The standard InChI is InChI=1S/C13H17NO2S/c15-13(7-10-3-1-2-6-14-10)8-11-4-5-12(9-13)17(11)16/h1-3,6,11-12,15H,4-5,7-9H2. The van der Waals surface area contributed by atoms with Crippen LogP contribution in [-0.2, 0) is 17.2 Å². The SMILES string of the molecule is O=S1C2CCC1CC(O)(Cc1ccccn1)C2. The Morgan fingerprint density at radius 2 is 2.06 bits per heavy atom. The summed E-state index contributed by atoms with van der Waals surface area (Å²) >= 11 is 0. The molecule has 0 spiro atoms. The Bertz CT molecular complexity index is 418. The van der Waals surface area contributed by atoms with Crippen LogP contribution < -0.4 is 0 Å². The van der Waals surface area contributed by atoms with E-state index in [9.17, 15) is 9.32 Å². The Morgan fingerprint density at radius 3 is 2.65 bits per heavy atom. The molecule has 1 aromatic heterocycles. The van der Waals surface area contributed by atoms with Crippen molar-refractivity contribution >= 4 is 10.8 Å². The van der Waals surface area contributed by atoms with E-state index in [0.717, 1.165) is 18.5 Å². The minimum absolute atomic E-state index is 0.211. The van der Waals surface area contributed by atoms with E-state index in [2.05, 4.69) is 4.98 Å². The van der Waals surface area contributed by atoms with Gasteiger partial charge in [-0.15, -0.1) is 0 Å². The van der Waals surface area contributed by atoms with Gasteiger partial charge in [-0.2, -0.15) is 0 Å². The van der Waals surface area contributed by atoms with Gasteiger partial charge in [0.1, 0.15) is 0 Å². The topological polar surface area (TPSA) is 50.2 Å². The number of hydrogen-bond donors (Lipinski definition) is 1. The first-order valence-corrected chi connectivity index (χ1v) is 7.46. The molecule has 1 aromatic rings. The maximum atomic E-state index is 11.9. The molecule has 2 bridgehead atoms. The largest absolute Gasteiger partial charge is 0.389 e. The Morgan fingerprint density at radius 1 is 1.35 bits per heavy atom. The van der Waals surface area contributed by atoms with Crippen molar-refractivity contribution in [3.8, 4) is 0 Å². The molecule has 3 heterocycles. The van der Waals surface area contributed by atoms with Crippen molar-refractivity contribution in [2.45, 2.75) is 48.2 Å². The molecule has 0 radical (unpaired) electrons. The van der Waals surface area contributed by atoms with Crippen molar-refractivity contribution in [3.05, 3.63) is 30.1 Å². The number of fused-ring (bicyclic) bond motifs is 2. The van der Waals surface area contributed by atoms with Gasteiger partial charge in [-0.05, 0) is 37.8 Å². The maximum Gasteiger partial charge on any atom is 0.0725 e. The molecular formula is C13H17NO2S. The lowest BCUT2D eigenvalue weighted by Gasteiger charge is -2.35. The Kier molecular flexibility index (Phi) is 2.79. The molecule has 2 aliphatic rings. The van der Waals surface area contributed by atoms with E-state index < -0.39 is 16.4 Å². The lowest BCUT2D eigenvalue weighted by atomic mass is 9.88. The number of rotatable bonds is 2. The molecule has 2 aliphatic heterocycles. The van der Waals surface area contributed by atoms with Crippen LogP contribution in [0, 0.1) is 0 Å². The molecule has 2 saturated heterocycles. The number of aliphatic hydroxyl groups is 1. The van der Waals surface area contributed by atoms with Crippen molar-refractivity contribution in [1.29, 1.82) is 0 Å². The summed E-state index contributed by atoms with van der Waals surface area (Å²) in [6.07, 6.45) is 5.73. The molecule has 2 fully saturated rings. The Labute approximate surface area is 104 Å². The van der Waals surface area contributed by atoms with E-state index in [4.69, 9.17) is 0 Å². The summed E-state index contributed by atoms with van der Waals surface area (Å²) in [5.41, 5.74) is 0.246. The zero-order chi connectivity index (χ0) is 11.9. The van der Waals surface area contributed by atoms with E-state index in [1.54, 1.807) is 6.20 Å². The van der Waals surface area contributed by atoms with Crippen molar-refractivity contribution < 1.29 is 9.32 Å². The van der Waals surface area contributed by atoms with Crippen LogP contribution in [0.3, 0.4) is 0 Å². The molecule has 17 heavy (non-hydrogen) atoms. The summed E-state index contributed by atoms with van der Waals surface area (Å²) in [6.45, 7) is 0. The highest BCUT2D eigenvalue weighted by Gasteiger charge is 2.47. The smallest absolute Gasteiger partial charge is 0.0725 e. The summed E-state index contributed by atoms with van der Waals surface area (Å²) in [6, 6.07) is 5.78. The fourth-order valence-corrected chi connectivity index (χ4v) is 5.39. The van der Waals surface area contributed by atoms with Crippen LogP contribution in [0.15, 0.2) is 24.4 Å². The third-order valence-electron chi connectivity index (χ3n) is 3.92. The first kappa shape index (κ1) is 11.4. The van der Waals surface area contributed by atoms with Gasteiger partial charge in [-0.3, -0.25) is 9.19 Å². The Hall–Kier alpha value is -0.740. The maximum absolute atomic E-state index is 11.9. The lowest BCUT2D eigenvalue weighted by molar-refractivity contribution is 0.0222. The fourth-order valence-electron chi connectivity index (χ4n) is 3.16. The fraction of sp³-hybridized carbons (Fsp3) is 0.615. The monoisotopic (exact) mass is 251 g/mol. The van der Waals surface area contributed by atoms with Gasteiger partial charge in [0, 0.05) is 39.6 Å². The van der Waals surface area contributed by atoms with Crippen LogP contribution in [0.5, 0.6) is 0 Å². The van der Waals surface area contributed by atoms with Crippen LogP contribution in [-0.4, -0.2) is 30.4 Å². The molecular weight excluding hydrogens is 234 g/mol. The van der Waals surface area contributed by atoms with Crippen LogP contribution in [0.25, 0.3) is 0 Å².